The van der Waals surface area contributed by atoms with Crippen LogP contribution in [0.25, 0.3) is 0 Å². The molecule has 2 rings (SSSR count). The number of aryl methyl sites for hydroxylation is 1. The van der Waals surface area contributed by atoms with Crippen molar-refractivity contribution in [1.82, 2.24) is 20.0 Å². The molecule has 0 radical (unpaired) electrons. The molecule has 1 saturated heterocycles. The first-order chi connectivity index (χ1) is 8.68. The van der Waals surface area contributed by atoms with Crippen molar-refractivity contribution in [2.45, 2.75) is 13.5 Å². The summed E-state index contributed by atoms with van der Waals surface area (Å²) in [6, 6.07) is 0. The van der Waals surface area contributed by atoms with Gasteiger partial charge in [0.15, 0.2) is 0 Å². The lowest BCUT2D eigenvalue weighted by Gasteiger charge is -2.26. The summed E-state index contributed by atoms with van der Waals surface area (Å²) >= 11 is 0. The molecule has 1 aliphatic heterocycles. The summed E-state index contributed by atoms with van der Waals surface area (Å²) in [5.74, 6) is 0.139. The number of ether oxygens (including phenoxy) is 1. The van der Waals surface area contributed by atoms with Gasteiger partial charge in [0.25, 0.3) is 0 Å². The first-order valence-electron chi connectivity index (χ1n) is 6.22. The second-order valence-corrected chi connectivity index (χ2v) is 4.48. The Labute approximate surface area is 107 Å². The lowest BCUT2D eigenvalue weighted by Crippen LogP contribution is -2.44. The summed E-state index contributed by atoms with van der Waals surface area (Å²) in [6.07, 6.45) is 1.83. The Hall–Kier alpha value is -1.40. The lowest BCUT2D eigenvalue weighted by atomic mass is 10.2. The van der Waals surface area contributed by atoms with Crippen molar-refractivity contribution < 1.29 is 9.53 Å². The van der Waals surface area contributed by atoms with Crippen LogP contribution in [0.5, 0.6) is 0 Å². The van der Waals surface area contributed by atoms with Crippen LogP contribution in [-0.4, -0.2) is 53.4 Å². The van der Waals surface area contributed by atoms with Crippen LogP contribution < -0.4 is 5.32 Å². The Kier molecular flexibility index (Phi) is 4.33. The van der Waals surface area contributed by atoms with Crippen LogP contribution in [0.1, 0.15) is 11.3 Å². The molecule has 6 heteroatoms. The van der Waals surface area contributed by atoms with Crippen molar-refractivity contribution in [3.05, 3.63) is 17.5 Å². The summed E-state index contributed by atoms with van der Waals surface area (Å²) in [4.78, 5) is 13.7. The molecule has 1 fully saturated rings. The molecule has 0 atom stereocenters. The molecule has 2 heterocycles. The third-order valence-electron chi connectivity index (χ3n) is 3.29. The third-order valence-corrected chi connectivity index (χ3v) is 3.29. The Morgan fingerprint density at radius 3 is 2.83 bits per heavy atom. The van der Waals surface area contributed by atoms with Gasteiger partial charge in [-0.1, -0.05) is 0 Å². The first kappa shape index (κ1) is 13.0. The van der Waals surface area contributed by atoms with Crippen molar-refractivity contribution >= 4 is 5.91 Å². The SMILES string of the molecule is Cc1c(CNCC(=O)N2CCOCC2)cnn1C. The maximum atomic E-state index is 11.9. The number of nitrogens with one attached hydrogen (secondary N) is 1. The largest absolute Gasteiger partial charge is 0.378 e. The van der Waals surface area contributed by atoms with Crippen LogP contribution >= 0.6 is 0 Å². The van der Waals surface area contributed by atoms with E-state index in [9.17, 15) is 4.79 Å². The van der Waals surface area contributed by atoms with Crippen LogP contribution in [0.3, 0.4) is 0 Å². The molecule has 1 aromatic heterocycles. The highest BCUT2D eigenvalue weighted by atomic mass is 16.5. The maximum Gasteiger partial charge on any atom is 0.236 e. The third kappa shape index (κ3) is 3.08. The normalized spacial score (nSPS) is 16.0. The minimum absolute atomic E-state index is 0.139. The predicted molar refractivity (Wildman–Crippen MR) is 67.1 cm³/mol. The van der Waals surface area contributed by atoms with Crippen molar-refractivity contribution in [2.75, 3.05) is 32.8 Å². The van der Waals surface area contributed by atoms with Gasteiger partial charge in [-0.3, -0.25) is 9.48 Å². The van der Waals surface area contributed by atoms with Crippen LogP contribution in [-0.2, 0) is 23.1 Å². The number of aromatic nitrogens is 2. The van der Waals surface area contributed by atoms with Gasteiger partial charge in [0.05, 0.1) is 26.0 Å². The second kappa shape index (κ2) is 5.97. The highest BCUT2D eigenvalue weighted by Gasteiger charge is 2.16. The molecule has 0 unspecified atom stereocenters. The quantitative estimate of drug-likeness (QED) is 0.797. The lowest BCUT2D eigenvalue weighted by molar-refractivity contribution is -0.134. The van der Waals surface area contributed by atoms with E-state index in [2.05, 4.69) is 10.4 Å². The zero-order valence-electron chi connectivity index (χ0n) is 11.0. The minimum atomic E-state index is 0.139. The number of amides is 1. The van der Waals surface area contributed by atoms with E-state index in [-0.39, 0.29) is 5.91 Å². The molecular weight excluding hydrogens is 232 g/mol. The van der Waals surface area contributed by atoms with Gasteiger partial charge in [-0.05, 0) is 6.92 Å². The number of carbonyl (C=O) groups excluding carboxylic acids is 1. The van der Waals surface area contributed by atoms with E-state index in [0.717, 1.165) is 11.3 Å². The number of morpholine rings is 1. The molecule has 0 spiro atoms. The zero-order valence-corrected chi connectivity index (χ0v) is 11.0. The first-order valence-corrected chi connectivity index (χ1v) is 6.22. The summed E-state index contributed by atoms with van der Waals surface area (Å²) < 4.78 is 7.05. The number of nitrogens with zero attached hydrogens (tertiary/aromatic N) is 3. The highest BCUT2D eigenvalue weighted by Crippen LogP contribution is 2.04. The minimum Gasteiger partial charge on any atom is -0.378 e. The van der Waals surface area contributed by atoms with Crippen LogP contribution in [0.2, 0.25) is 0 Å². The topological polar surface area (TPSA) is 59.4 Å². The van der Waals surface area contributed by atoms with Gasteiger partial charge >= 0.3 is 0 Å². The molecule has 1 aliphatic rings. The molecule has 1 aromatic rings. The fraction of sp³-hybridized carbons (Fsp3) is 0.667. The molecule has 6 nitrogen and oxygen atoms in total. The predicted octanol–water partition coefficient (Wildman–Crippen LogP) is -0.323. The Morgan fingerprint density at radius 2 is 2.22 bits per heavy atom. The van der Waals surface area contributed by atoms with Gasteiger partial charge < -0.3 is 15.0 Å². The number of hydrogen-bond acceptors (Lipinski definition) is 4. The smallest absolute Gasteiger partial charge is 0.236 e. The number of hydrogen-bond donors (Lipinski definition) is 1. The summed E-state index contributed by atoms with van der Waals surface area (Å²) in [7, 11) is 1.91. The van der Waals surface area contributed by atoms with Gasteiger partial charge in [0.1, 0.15) is 0 Å². The van der Waals surface area contributed by atoms with E-state index in [1.807, 2.05) is 29.7 Å². The fourth-order valence-electron chi connectivity index (χ4n) is 1.95. The second-order valence-electron chi connectivity index (χ2n) is 4.48. The summed E-state index contributed by atoms with van der Waals surface area (Å²) in [5, 5.41) is 7.34. The number of rotatable bonds is 4. The van der Waals surface area contributed by atoms with E-state index in [0.29, 0.717) is 39.4 Å². The Bertz CT molecular complexity index is 410. The highest BCUT2D eigenvalue weighted by molar-refractivity contribution is 5.78. The van der Waals surface area contributed by atoms with Crippen LogP contribution in [0, 0.1) is 6.92 Å². The molecule has 0 saturated carbocycles. The molecular formula is C12H20N4O2. The van der Waals surface area contributed by atoms with Crippen molar-refractivity contribution in [1.29, 1.82) is 0 Å². The van der Waals surface area contributed by atoms with Crippen molar-refractivity contribution in [3.8, 4) is 0 Å². The molecule has 0 aliphatic carbocycles. The maximum absolute atomic E-state index is 11.9. The molecule has 0 bridgehead atoms. The Balaban J connectivity index is 1.74. The van der Waals surface area contributed by atoms with E-state index in [1.54, 1.807) is 0 Å². The van der Waals surface area contributed by atoms with Crippen molar-refractivity contribution in [3.63, 3.8) is 0 Å². The Morgan fingerprint density at radius 1 is 1.50 bits per heavy atom. The van der Waals surface area contributed by atoms with E-state index in [1.165, 1.54) is 0 Å². The molecule has 100 valence electrons. The molecule has 0 aromatic carbocycles. The fourth-order valence-corrected chi connectivity index (χ4v) is 1.95. The van der Waals surface area contributed by atoms with Gasteiger partial charge in [-0.25, -0.2) is 0 Å². The zero-order chi connectivity index (χ0) is 13.0. The van der Waals surface area contributed by atoms with Gasteiger partial charge in [0.2, 0.25) is 5.91 Å². The molecule has 1 N–H and O–H groups in total. The van der Waals surface area contributed by atoms with Crippen LogP contribution in [0.4, 0.5) is 0 Å². The monoisotopic (exact) mass is 252 g/mol. The number of carbonyl (C=O) groups is 1. The summed E-state index contributed by atoms with van der Waals surface area (Å²) in [5.41, 5.74) is 2.26. The van der Waals surface area contributed by atoms with E-state index >= 15 is 0 Å². The van der Waals surface area contributed by atoms with Gasteiger partial charge in [0, 0.05) is 37.9 Å². The average molecular weight is 252 g/mol. The van der Waals surface area contributed by atoms with E-state index < -0.39 is 0 Å². The standard InChI is InChI=1S/C12H20N4O2/c1-10-11(8-14-15(10)2)7-13-9-12(17)16-3-5-18-6-4-16/h8,13H,3-7,9H2,1-2H3. The molecule has 1 amide bonds. The van der Waals surface area contributed by atoms with Gasteiger partial charge in [-0.2, -0.15) is 5.10 Å². The average Bonchev–Trinajstić information content (AvgIpc) is 2.71. The summed E-state index contributed by atoms with van der Waals surface area (Å²) in [6.45, 7) is 5.76. The van der Waals surface area contributed by atoms with Crippen LogP contribution in [0.15, 0.2) is 6.20 Å². The van der Waals surface area contributed by atoms with Crippen molar-refractivity contribution in [2.24, 2.45) is 7.05 Å². The van der Waals surface area contributed by atoms with E-state index in [4.69, 9.17) is 4.74 Å². The van der Waals surface area contributed by atoms with Gasteiger partial charge in [-0.15, -0.1) is 0 Å². The molecule has 18 heavy (non-hydrogen) atoms.